The molecule has 0 aliphatic rings. The van der Waals surface area contributed by atoms with Gasteiger partial charge in [0.1, 0.15) is 6.04 Å². The lowest BCUT2D eigenvalue weighted by Crippen LogP contribution is -2.34. The Morgan fingerprint density at radius 1 is 1.56 bits per heavy atom. The number of primary amides is 1. The number of carbonyl (C=O) groups is 2. The first-order valence-corrected chi connectivity index (χ1v) is 2.30. The molecular weight excluding hydrogens is 125 g/mol. The third-order valence-corrected chi connectivity index (χ3v) is 0.738. The first kappa shape index (κ1) is 7.90. The van der Waals surface area contributed by atoms with Crippen molar-refractivity contribution in [2.45, 2.75) is 12.5 Å². The predicted octanol–water partition coefficient (Wildman–Crippen LogP) is -1.73. The van der Waals surface area contributed by atoms with Crippen molar-refractivity contribution in [1.29, 1.82) is 0 Å². The number of amides is 1. The van der Waals surface area contributed by atoms with Crippen molar-refractivity contribution >= 4 is 11.9 Å². The van der Waals surface area contributed by atoms with E-state index in [1.807, 2.05) is 0 Å². The number of carbonyl (C=O) groups excluding carboxylic acids is 1. The summed E-state index contributed by atoms with van der Waals surface area (Å²) in [6, 6.07) is -1.16. The van der Waals surface area contributed by atoms with E-state index < -0.39 is 17.9 Å². The van der Waals surface area contributed by atoms with Crippen molar-refractivity contribution in [1.82, 2.24) is 0 Å². The molecule has 1 amide bonds. The molecule has 0 bridgehead atoms. The van der Waals surface area contributed by atoms with Crippen molar-refractivity contribution in [2.24, 2.45) is 11.5 Å². The van der Waals surface area contributed by atoms with Crippen LogP contribution < -0.4 is 11.5 Å². The normalized spacial score (nSPS) is 12.6. The summed E-state index contributed by atoms with van der Waals surface area (Å²) >= 11 is 0. The number of nitrogens with two attached hydrogens (primary N) is 2. The van der Waals surface area contributed by atoms with Gasteiger partial charge in [-0.3, -0.25) is 9.59 Å². The highest BCUT2D eigenvalue weighted by Gasteiger charge is 2.13. The third-order valence-electron chi connectivity index (χ3n) is 0.738. The van der Waals surface area contributed by atoms with Gasteiger partial charge in [0.15, 0.2) is 0 Å². The number of hydrogen-bond acceptors (Lipinski definition) is 3. The Kier molecular flexibility index (Phi) is 2.66. The molecule has 0 saturated heterocycles. The Hall–Kier alpha value is -1.10. The van der Waals surface area contributed by atoms with E-state index >= 15 is 0 Å². The molecule has 5 nitrogen and oxygen atoms in total. The first-order chi connectivity index (χ1) is 4.04. The van der Waals surface area contributed by atoms with Crippen molar-refractivity contribution in [2.75, 3.05) is 0 Å². The van der Waals surface area contributed by atoms with E-state index in [0.717, 1.165) is 0 Å². The van der Waals surface area contributed by atoms with E-state index in [2.05, 4.69) is 5.73 Å². The topological polar surface area (TPSA) is 106 Å². The van der Waals surface area contributed by atoms with Gasteiger partial charge < -0.3 is 16.6 Å². The molecule has 0 aromatic carbocycles. The maximum absolute atomic E-state index is 9.99. The Morgan fingerprint density at radius 3 is 2.11 bits per heavy atom. The maximum atomic E-state index is 9.99. The maximum Gasteiger partial charge on any atom is 0.321 e. The fraction of sp³-hybridized carbons (Fsp3) is 0.500. The molecule has 1 atom stereocenters. The Morgan fingerprint density at radius 2 is 2.00 bits per heavy atom. The van der Waals surface area contributed by atoms with Crippen molar-refractivity contribution in [3.63, 3.8) is 0 Å². The quantitative estimate of drug-likeness (QED) is 0.398. The van der Waals surface area contributed by atoms with Crippen LogP contribution in [0.3, 0.4) is 0 Å². The van der Waals surface area contributed by atoms with E-state index in [9.17, 15) is 9.59 Å². The van der Waals surface area contributed by atoms with Crippen LogP contribution in [0.25, 0.3) is 0 Å². The van der Waals surface area contributed by atoms with Gasteiger partial charge in [-0.1, -0.05) is 0 Å². The first-order valence-electron chi connectivity index (χ1n) is 2.30. The smallest absolute Gasteiger partial charge is 0.321 e. The zero-order chi connectivity index (χ0) is 7.44. The van der Waals surface area contributed by atoms with E-state index in [1.54, 1.807) is 0 Å². The molecular formula is C4H8N2O3. The molecule has 0 aromatic rings. The average molecular weight is 133 g/mol. The summed E-state index contributed by atoms with van der Waals surface area (Å²) in [4.78, 5) is 19.9. The minimum atomic E-state index is -1.21. The van der Waals surface area contributed by atoms with Crippen molar-refractivity contribution in [3.8, 4) is 0 Å². The average Bonchev–Trinajstić information content (AvgIpc) is 1.63. The van der Waals surface area contributed by atoms with Crippen molar-refractivity contribution < 1.29 is 14.7 Å². The molecule has 0 radical (unpaired) electrons. The Bertz CT molecular complexity index is 134. The summed E-state index contributed by atoms with van der Waals surface area (Å²) < 4.78 is 0. The van der Waals surface area contributed by atoms with Gasteiger partial charge in [-0.15, -0.1) is 0 Å². The monoisotopic (exact) mass is 133 g/mol. The second-order valence-electron chi connectivity index (χ2n) is 1.62. The minimum Gasteiger partial charge on any atom is -0.480 e. The largest absolute Gasteiger partial charge is 0.480 e. The second kappa shape index (κ2) is 3.03. The van der Waals surface area contributed by atoms with Crippen LogP contribution in [0.1, 0.15) is 6.42 Å². The molecule has 0 fully saturated rings. The Balaban J connectivity index is 3.63. The number of hydrogen-bond donors (Lipinski definition) is 3. The molecule has 52 valence electrons. The molecule has 0 saturated carbocycles. The van der Waals surface area contributed by atoms with Gasteiger partial charge in [-0.25, -0.2) is 0 Å². The fourth-order valence-corrected chi connectivity index (χ4v) is 0.304. The van der Waals surface area contributed by atoms with E-state index in [4.69, 9.17) is 10.8 Å². The second-order valence-corrected chi connectivity index (χ2v) is 1.62. The lowest BCUT2D eigenvalue weighted by molar-refractivity contribution is -0.140. The molecule has 0 spiro atoms. The van der Waals surface area contributed by atoms with Gasteiger partial charge in [-0.2, -0.15) is 0 Å². The molecule has 5 N–H and O–H groups in total. The molecule has 5 heteroatoms. The van der Waals surface area contributed by atoms with Crippen LogP contribution in [0.4, 0.5) is 0 Å². The van der Waals surface area contributed by atoms with Gasteiger partial charge in [0.05, 0.1) is 6.42 Å². The van der Waals surface area contributed by atoms with Crippen LogP contribution in [-0.4, -0.2) is 23.0 Å². The molecule has 0 aromatic heterocycles. The third kappa shape index (κ3) is 3.48. The van der Waals surface area contributed by atoms with E-state index in [0.29, 0.717) is 0 Å². The molecule has 0 aliphatic heterocycles. The van der Waals surface area contributed by atoms with Gasteiger partial charge in [0.2, 0.25) is 5.91 Å². The highest BCUT2D eigenvalue weighted by molar-refractivity contribution is 5.82. The SMILES string of the molecule is NC(=O)C[13C@H](N)C(=O)O. The van der Waals surface area contributed by atoms with Gasteiger partial charge in [0.25, 0.3) is 0 Å². The van der Waals surface area contributed by atoms with Crippen LogP contribution in [0.15, 0.2) is 0 Å². The summed E-state index contributed by atoms with van der Waals surface area (Å²) in [5, 5.41) is 8.10. The van der Waals surface area contributed by atoms with Gasteiger partial charge in [0, 0.05) is 0 Å². The minimum absolute atomic E-state index is 0.310. The fourth-order valence-electron chi connectivity index (χ4n) is 0.304. The summed E-state index contributed by atoms with van der Waals surface area (Å²) in [6.45, 7) is 0. The molecule has 0 heterocycles. The van der Waals surface area contributed by atoms with Gasteiger partial charge >= 0.3 is 5.97 Å². The summed E-state index contributed by atoms with van der Waals surface area (Å²) in [6.07, 6.45) is -0.310. The number of rotatable bonds is 3. The Labute approximate surface area is 51.6 Å². The molecule has 0 unspecified atom stereocenters. The predicted molar refractivity (Wildman–Crippen MR) is 29.4 cm³/mol. The standard InChI is InChI=1S/C4H8N2O3/c5-2(4(8)9)1-3(6)7/h2H,1,5H2,(H2,6,7)(H,8,9)/t2-/m0/s1/i2+1. The highest BCUT2D eigenvalue weighted by Crippen LogP contribution is 1.84. The molecule has 0 aliphatic carbocycles. The summed E-state index contributed by atoms with van der Waals surface area (Å²) in [5.41, 5.74) is 9.57. The zero-order valence-electron chi connectivity index (χ0n) is 4.70. The van der Waals surface area contributed by atoms with E-state index in [-0.39, 0.29) is 6.42 Å². The highest BCUT2D eigenvalue weighted by atomic mass is 16.4. The molecule has 0 rings (SSSR count). The van der Waals surface area contributed by atoms with Crippen molar-refractivity contribution in [3.05, 3.63) is 0 Å². The summed E-state index contributed by atoms with van der Waals surface area (Å²) in [5.74, 6) is -1.92. The van der Waals surface area contributed by atoms with Crippen LogP contribution >= 0.6 is 0 Å². The van der Waals surface area contributed by atoms with Crippen LogP contribution in [0.2, 0.25) is 0 Å². The van der Waals surface area contributed by atoms with Gasteiger partial charge in [-0.05, 0) is 0 Å². The lowest BCUT2D eigenvalue weighted by atomic mass is 10.5. The van der Waals surface area contributed by atoms with Crippen LogP contribution in [0.5, 0.6) is 0 Å². The number of carboxylic acids is 1. The number of aliphatic carboxylic acids is 1. The lowest BCUT2D eigenvalue weighted by Gasteiger charge is -1.99. The van der Waals surface area contributed by atoms with Crippen LogP contribution in [-0.2, 0) is 9.59 Å². The zero-order valence-corrected chi connectivity index (χ0v) is 4.70. The molecule has 9 heavy (non-hydrogen) atoms. The number of carboxylic acid groups (broad SMARTS) is 1. The summed E-state index contributed by atoms with van der Waals surface area (Å²) in [7, 11) is 0. The van der Waals surface area contributed by atoms with E-state index in [1.165, 1.54) is 0 Å². The van der Waals surface area contributed by atoms with Crippen LogP contribution in [0, 0.1) is 0 Å².